The average molecular weight is 494 g/mol. The van der Waals surface area contributed by atoms with E-state index in [1.54, 1.807) is 6.07 Å². The molecular formula is C25H27N5O6. The summed E-state index contributed by atoms with van der Waals surface area (Å²) in [6, 6.07) is 11.4. The minimum atomic E-state index is -0.563. The van der Waals surface area contributed by atoms with Crippen molar-refractivity contribution >= 4 is 45.6 Å². The Morgan fingerprint density at radius 2 is 1.81 bits per heavy atom. The number of nitrogens with one attached hydrogen (secondary N) is 2. The summed E-state index contributed by atoms with van der Waals surface area (Å²) in [6.07, 6.45) is -0.164. The molecule has 1 saturated heterocycles. The minimum absolute atomic E-state index is 0.0612. The first-order chi connectivity index (χ1) is 17.3. The summed E-state index contributed by atoms with van der Waals surface area (Å²) < 4.78 is 10.6. The molecule has 2 N–H and O–H groups in total. The number of non-ortho nitro benzene ring substituents is 1. The number of amides is 2. The number of ether oxygens (including phenoxy) is 2. The number of pyridine rings is 1. The molecule has 2 amide bonds. The number of aryl methyl sites for hydroxylation is 1. The Labute approximate surface area is 207 Å². The topological polar surface area (TPSA) is 136 Å². The van der Waals surface area contributed by atoms with Crippen LogP contribution in [0.2, 0.25) is 0 Å². The van der Waals surface area contributed by atoms with E-state index in [1.165, 1.54) is 25.3 Å². The second-order valence-corrected chi connectivity index (χ2v) is 8.37. The Hall–Kier alpha value is -4.25. The highest BCUT2D eigenvalue weighted by molar-refractivity contribution is 5.99. The van der Waals surface area contributed by atoms with Crippen LogP contribution in [-0.2, 0) is 14.3 Å². The van der Waals surface area contributed by atoms with Crippen LogP contribution in [0.4, 0.5) is 22.9 Å². The number of carbonyl (C=O) groups is 2. The van der Waals surface area contributed by atoms with Gasteiger partial charge in [0.05, 0.1) is 36.5 Å². The highest BCUT2D eigenvalue weighted by Gasteiger charge is 2.16. The lowest BCUT2D eigenvalue weighted by molar-refractivity contribution is -0.384. The van der Waals surface area contributed by atoms with Crippen molar-refractivity contribution in [3.05, 3.63) is 58.1 Å². The number of rotatable bonds is 8. The second kappa shape index (κ2) is 11.0. The van der Waals surface area contributed by atoms with E-state index in [-0.39, 0.29) is 35.9 Å². The molecule has 0 unspecified atom stereocenters. The van der Waals surface area contributed by atoms with Crippen molar-refractivity contribution in [1.29, 1.82) is 0 Å². The number of anilines is 3. The number of aromatic nitrogens is 1. The first kappa shape index (κ1) is 24.9. The number of benzene rings is 2. The fourth-order valence-corrected chi connectivity index (χ4v) is 3.98. The third-order valence-electron chi connectivity index (χ3n) is 5.87. The third kappa shape index (κ3) is 5.87. The van der Waals surface area contributed by atoms with Crippen molar-refractivity contribution in [1.82, 2.24) is 4.98 Å². The first-order valence-electron chi connectivity index (χ1n) is 11.5. The van der Waals surface area contributed by atoms with Crippen LogP contribution in [0.1, 0.15) is 18.4 Å². The van der Waals surface area contributed by atoms with E-state index >= 15 is 0 Å². The number of nitro benzene ring substituents is 1. The molecule has 36 heavy (non-hydrogen) atoms. The van der Waals surface area contributed by atoms with Gasteiger partial charge < -0.3 is 25.0 Å². The van der Waals surface area contributed by atoms with Gasteiger partial charge in [0.15, 0.2) is 0 Å². The Balaban J connectivity index is 1.37. The molecule has 11 nitrogen and oxygen atoms in total. The fraction of sp³-hybridized carbons (Fsp3) is 0.320. The quantitative estimate of drug-likeness (QED) is 0.358. The Bertz CT molecular complexity index is 1310. The first-order valence-corrected chi connectivity index (χ1v) is 11.5. The van der Waals surface area contributed by atoms with Crippen molar-refractivity contribution in [3.8, 4) is 5.75 Å². The molecule has 3 aromatic rings. The van der Waals surface area contributed by atoms with E-state index in [1.807, 2.05) is 25.1 Å². The summed E-state index contributed by atoms with van der Waals surface area (Å²) in [5, 5.41) is 17.3. The molecule has 2 aromatic carbocycles. The molecule has 188 valence electrons. The number of nitro groups is 1. The molecule has 1 fully saturated rings. The van der Waals surface area contributed by atoms with Gasteiger partial charge in [0, 0.05) is 49.1 Å². The number of hydrogen-bond donors (Lipinski definition) is 2. The average Bonchev–Trinajstić information content (AvgIpc) is 2.88. The van der Waals surface area contributed by atoms with Crippen LogP contribution < -0.4 is 20.3 Å². The highest BCUT2D eigenvalue weighted by Crippen LogP contribution is 2.29. The van der Waals surface area contributed by atoms with E-state index in [0.29, 0.717) is 18.9 Å². The molecule has 0 atom stereocenters. The van der Waals surface area contributed by atoms with Gasteiger partial charge in [-0.25, -0.2) is 4.98 Å². The molecule has 2 heterocycles. The van der Waals surface area contributed by atoms with E-state index < -0.39 is 10.8 Å². The van der Waals surface area contributed by atoms with Crippen LogP contribution in [0.5, 0.6) is 5.75 Å². The second-order valence-electron chi connectivity index (χ2n) is 8.37. The summed E-state index contributed by atoms with van der Waals surface area (Å²) in [4.78, 5) is 42.2. The Morgan fingerprint density at radius 3 is 2.50 bits per heavy atom. The van der Waals surface area contributed by atoms with Gasteiger partial charge in [0.1, 0.15) is 11.6 Å². The maximum absolute atomic E-state index is 12.5. The van der Waals surface area contributed by atoms with Gasteiger partial charge in [-0.15, -0.1) is 0 Å². The van der Waals surface area contributed by atoms with Crippen molar-refractivity contribution in [3.63, 3.8) is 0 Å². The lowest BCUT2D eigenvalue weighted by Gasteiger charge is -2.28. The fourth-order valence-electron chi connectivity index (χ4n) is 3.98. The van der Waals surface area contributed by atoms with Gasteiger partial charge in [-0.05, 0) is 42.8 Å². The molecule has 4 rings (SSSR count). The largest absolute Gasteiger partial charge is 0.495 e. The monoisotopic (exact) mass is 493 g/mol. The predicted octanol–water partition coefficient (Wildman–Crippen LogP) is 3.65. The molecule has 0 saturated carbocycles. The van der Waals surface area contributed by atoms with Crippen LogP contribution in [-0.4, -0.2) is 55.1 Å². The predicted molar refractivity (Wildman–Crippen MR) is 136 cm³/mol. The molecule has 11 heteroatoms. The van der Waals surface area contributed by atoms with Crippen LogP contribution in [0.25, 0.3) is 10.9 Å². The molecule has 0 aliphatic carbocycles. The smallest absolute Gasteiger partial charge is 0.271 e. The van der Waals surface area contributed by atoms with E-state index in [9.17, 15) is 19.7 Å². The van der Waals surface area contributed by atoms with Gasteiger partial charge in [-0.3, -0.25) is 19.7 Å². The van der Waals surface area contributed by atoms with Crippen LogP contribution in [0, 0.1) is 17.0 Å². The Morgan fingerprint density at radius 1 is 1.08 bits per heavy atom. The molecule has 0 bridgehead atoms. The van der Waals surface area contributed by atoms with E-state index in [2.05, 4.69) is 15.5 Å². The van der Waals surface area contributed by atoms with Crippen molar-refractivity contribution < 1.29 is 24.0 Å². The van der Waals surface area contributed by atoms with E-state index in [0.717, 1.165) is 35.4 Å². The van der Waals surface area contributed by atoms with Gasteiger partial charge in [0.2, 0.25) is 11.8 Å². The van der Waals surface area contributed by atoms with Crippen molar-refractivity contribution in [2.75, 3.05) is 48.9 Å². The van der Waals surface area contributed by atoms with Crippen molar-refractivity contribution in [2.45, 2.75) is 19.8 Å². The van der Waals surface area contributed by atoms with Crippen LogP contribution >= 0.6 is 0 Å². The summed E-state index contributed by atoms with van der Waals surface area (Å²) in [5.74, 6) is 0.408. The summed E-state index contributed by atoms with van der Waals surface area (Å²) >= 11 is 0. The number of methoxy groups -OCH3 is 1. The lowest BCUT2D eigenvalue weighted by Crippen LogP contribution is -2.36. The maximum atomic E-state index is 12.5. The van der Waals surface area contributed by atoms with Gasteiger partial charge in [0.25, 0.3) is 5.69 Å². The van der Waals surface area contributed by atoms with E-state index in [4.69, 9.17) is 14.5 Å². The maximum Gasteiger partial charge on any atom is 0.271 e. The Kier molecular flexibility index (Phi) is 7.59. The summed E-state index contributed by atoms with van der Waals surface area (Å²) in [5.41, 5.74) is 2.48. The standard InChI is InChI=1S/C25H27N5O6/c1-16-13-23(29-9-11-36-12-10-29)27-20-5-3-17(14-19(16)20)26-24(31)7-8-25(32)28-21-15-18(30(33)34)4-6-22(21)35-2/h3-6,13-15H,7-12H2,1-2H3,(H,26,31)(H,28,32). The van der Waals surface area contributed by atoms with Crippen molar-refractivity contribution in [2.24, 2.45) is 0 Å². The molecule has 1 aromatic heterocycles. The van der Waals surface area contributed by atoms with Gasteiger partial charge in [-0.1, -0.05) is 0 Å². The molecule has 0 radical (unpaired) electrons. The van der Waals surface area contributed by atoms with Crippen LogP contribution in [0.3, 0.4) is 0 Å². The minimum Gasteiger partial charge on any atom is -0.495 e. The third-order valence-corrected chi connectivity index (χ3v) is 5.87. The van der Waals surface area contributed by atoms with Gasteiger partial charge in [-0.2, -0.15) is 0 Å². The molecule has 0 spiro atoms. The zero-order valence-corrected chi connectivity index (χ0v) is 20.1. The highest BCUT2D eigenvalue weighted by atomic mass is 16.6. The number of carbonyl (C=O) groups excluding carboxylic acids is 2. The number of morpholine rings is 1. The van der Waals surface area contributed by atoms with Gasteiger partial charge >= 0.3 is 0 Å². The summed E-state index contributed by atoms with van der Waals surface area (Å²) in [7, 11) is 1.40. The number of hydrogen-bond acceptors (Lipinski definition) is 8. The SMILES string of the molecule is COc1ccc([N+](=O)[O-])cc1NC(=O)CCC(=O)Nc1ccc2nc(N3CCOCC3)cc(C)c2c1. The summed E-state index contributed by atoms with van der Waals surface area (Å²) in [6.45, 7) is 4.97. The number of fused-ring (bicyclic) bond motifs is 1. The molecule has 1 aliphatic heterocycles. The molecular weight excluding hydrogens is 466 g/mol. The zero-order valence-electron chi connectivity index (χ0n) is 20.1. The lowest BCUT2D eigenvalue weighted by atomic mass is 10.1. The zero-order chi connectivity index (χ0) is 25.7. The number of nitrogens with zero attached hydrogens (tertiary/aromatic N) is 3. The molecule has 1 aliphatic rings. The normalized spacial score (nSPS) is 13.3. The van der Waals surface area contributed by atoms with Crippen LogP contribution in [0.15, 0.2) is 42.5 Å².